The molecule has 1 aromatic rings. The van der Waals surface area contributed by atoms with Crippen molar-refractivity contribution in [1.29, 1.82) is 0 Å². The Morgan fingerprint density at radius 3 is 3.00 bits per heavy atom. The van der Waals surface area contributed by atoms with Crippen LogP contribution in [-0.4, -0.2) is 23.5 Å². The normalized spacial score (nSPS) is 28.5. The molecule has 2 heterocycles. The van der Waals surface area contributed by atoms with Crippen LogP contribution >= 0.6 is 11.3 Å². The minimum Gasteiger partial charge on any atom is -0.329 e. The van der Waals surface area contributed by atoms with E-state index < -0.39 is 0 Å². The Kier molecular flexibility index (Phi) is 2.57. The SMILES string of the molecule is CC1c2ccsc2CCN1C1(CN)CCC1. The van der Waals surface area contributed by atoms with E-state index in [-0.39, 0.29) is 0 Å². The van der Waals surface area contributed by atoms with Crippen LogP contribution in [0.5, 0.6) is 0 Å². The van der Waals surface area contributed by atoms with Crippen molar-refractivity contribution in [3.63, 3.8) is 0 Å². The summed E-state index contributed by atoms with van der Waals surface area (Å²) in [6.45, 7) is 4.38. The van der Waals surface area contributed by atoms with Gasteiger partial charge in [-0.3, -0.25) is 4.90 Å². The summed E-state index contributed by atoms with van der Waals surface area (Å²) in [5, 5.41) is 2.24. The molecule has 0 bridgehead atoms. The first-order valence-electron chi connectivity index (χ1n) is 6.30. The maximum Gasteiger partial charge on any atom is 0.0337 e. The smallest absolute Gasteiger partial charge is 0.0337 e. The highest BCUT2D eigenvalue weighted by Gasteiger charge is 2.44. The van der Waals surface area contributed by atoms with Crippen LogP contribution in [-0.2, 0) is 6.42 Å². The van der Waals surface area contributed by atoms with Gasteiger partial charge in [-0.15, -0.1) is 11.3 Å². The van der Waals surface area contributed by atoms with Gasteiger partial charge >= 0.3 is 0 Å². The highest BCUT2D eigenvalue weighted by molar-refractivity contribution is 7.10. The summed E-state index contributed by atoms with van der Waals surface area (Å²) in [7, 11) is 0. The fraction of sp³-hybridized carbons (Fsp3) is 0.692. The van der Waals surface area contributed by atoms with Crippen molar-refractivity contribution in [2.75, 3.05) is 13.1 Å². The summed E-state index contributed by atoms with van der Waals surface area (Å²) in [6.07, 6.45) is 5.18. The molecule has 0 radical (unpaired) electrons. The Labute approximate surface area is 101 Å². The lowest BCUT2D eigenvalue weighted by molar-refractivity contribution is -0.0112. The van der Waals surface area contributed by atoms with Crippen LogP contribution in [0.3, 0.4) is 0 Å². The minimum atomic E-state index is 0.332. The second-order valence-corrected chi connectivity index (χ2v) is 6.20. The van der Waals surface area contributed by atoms with Crippen LogP contribution < -0.4 is 5.73 Å². The fourth-order valence-electron chi connectivity index (χ4n) is 3.35. The van der Waals surface area contributed by atoms with Crippen LogP contribution in [0.2, 0.25) is 0 Å². The van der Waals surface area contributed by atoms with Crippen molar-refractivity contribution >= 4 is 11.3 Å². The summed E-state index contributed by atoms with van der Waals surface area (Å²) < 4.78 is 0. The maximum absolute atomic E-state index is 6.02. The van der Waals surface area contributed by atoms with E-state index in [2.05, 4.69) is 23.3 Å². The predicted octanol–water partition coefficient (Wildman–Crippen LogP) is 2.55. The van der Waals surface area contributed by atoms with E-state index in [1.807, 2.05) is 11.3 Å². The van der Waals surface area contributed by atoms with Crippen molar-refractivity contribution in [2.45, 2.75) is 44.2 Å². The monoisotopic (exact) mass is 236 g/mol. The molecular weight excluding hydrogens is 216 g/mol. The van der Waals surface area contributed by atoms with E-state index in [4.69, 9.17) is 5.73 Å². The number of thiophene rings is 1. The molecule has 1 saturated carbocycles. The molecule has 2 nitrogen and oxygen atoms in total. The molecule has 1 atom stereocenters. The zero-order valence-electron chi connectivity index (χ0n) is 9.91. The quantitative estimate of drug-likeness (QED) is 0.855. The number of rotatable bonds is 2. The van der Waals surface area contributed by atoms with Gasteiger partial charge in [0.25, 0.3) is 0 Å². The van der Waals surface area contributed by atoms with Gasteiger partial charge in [0.05, 0.1) is 0 Å². The summed E-state index contributed by atoms with van der Waals surface area (Å²) in [5.41, 5.74) is 7.90. The maximum atomic E-state index is 6.02. The van der Waals surface area contributed by atoms with E-state index in [0.29, 0.717) is 11.6 Å². The molecule has 2 aliphatic rings. The molecule has 0 saturated heterocycles. The highest BCUT2D eigenvalue weighted by Crippen LogP contribution is 2.44. The lowest BCUT2D eigenvalue weighted by Crippen LogP contribution is -2.60. The van der Waals surface area contributed by atoms with Crippen molar-refractivity contribution in [3.8, 4) is 0 Å². The molecule has 2 N–H and O–H groups in total. The zero-order valence-corrected chi connectivity index (χ0v) is 10.7. The topological polar surface area (TPSA) is 29.3 Å². The Balaban J connectivity index is 1.89. The number of nitrogens with zero attached hydrogens (tertiary/aromatic N) is 1. The van der Waals surface area contributed by atoms with Gasteiger partial charge in [0.1, 0.15) is 0 Å². The predicted molar refractivity (Wildman–Crippen MR) is 68.8 cm³/mol. The van der Waals surface area contributed by atoms with E-state index in [1.165, 1.54) is 32.2 Å². The third-order valence-corrected chi connectivity index (χ3v) is 5.55. The molecule has 3 rings (SSSR count). The Hall–Kier alpha value is -0.380. The summed E-state index contributed by atoms with van der Waals surface area (Å²) in [4.78, 5) is 4.26. The molecule has 1 fully saturated rings. The number of nitrogens with two attached hydrogens (primary N) is 1. The third-order valence-electron chi connectivity index (χ3n) is 4.55. The minimum absolute atomic E-state index is 0.332. The molecule has 1 aromatic heterocycles. The van der Waals surface area contributed by atoms with Gasteiger partial charge < -0.3 is 5.73 Å². The number of hydrogen-bond acceptors (Lipinski definition) is 3. The van der Waals surface area contributed by atoms with E-state index in [1.54, 1.807) is 10.4 Å². The Bertz CT molecular complexity index is 376. The zero-order chi connectivity index (χ0) is 11.2. The molecule has 1 aliphatic carbocycles. The van der Waals surface area contributed by atoms with Crippen molar-refractivity contribution in [2.24, 2.45) is 5.73 Å². The average Bonchev–Trinajstić information content (AvgIpc) is 2.69. The van der Waals surface area contributed by atoms with Gasteiger partial charge in [-0.05, 0) is 49.6 Å². The summed E-state index contributed by atoms with van der Waals surface area (Å²) in [5.74, 6) is 0. The fourth-order valence-corrected chi connectivity index (χ4v) is 4.31. The largest absolute Gasteiger partial charge is 0.329 e. The average molecular weight is 236 g/mol. The van der Waals surface area contributed by atoms with E-state index in [9.17, 15) is 0 Å². The summed E-state index contributed by atoms with van der Waals surface area (Å²) in [6, 6.07) is 2.87. The molecule has 1 aliphatic heterocycles. The van der Waals surface area contributed by atoms with Gasteiger partial charge in [0, 0.05) is 29.5 Å². The molecule has 3 heteroatoms. The van der Waals surface area contributed by atoms with Gasteiger partial charge in [-0.2, -0.15) is 0 Å². The molecule has 16 heavy (non-hydrogen) atoms. The first kappa shape index (κ1) is 10.8. The van der Waals surface area contributed by atoms with Gasteiger partial charge in [-0.25, -0.2) is 0 Å². The van der Waals surface area contributed by atoms with Crippen LogP contribution in [0.4, 0.5) is 0 Å². The van der Waals surface area contributed by atoms with Crippen molar-refractivity contribution in [3.05, 3.63) is 21.9 Å². The Morgan fingerprint density at radius 2 is 2.38 bits per heavy atom. The molecule has 0 amide bonds. The van der Waals surface area contributed by atoms with Gasteiger partial charge in [0.15, 0.2) is 0 Å². The van der Waals surface area contributed by atoms with Gasteiger partial charge in [0.2, 0.25) is 0 Å². The lowest BCUT2D eigenvalue weighted by Gasteiger charge is -2.53. The van der Waals surface area contributed by atoms with E-state index in [0.717, 1.165) is 6.54 Å². The second-order valence-electron chi connectivity index (χ2n) is 5.20. The number of fused-ring (bicyclic) bond motifs is 1. The summed E-state index contributed by atoms with van der Waals surface area (Å²) >= 11 is 1.92. The third kappa shape index (κ3) is 1.38. The van der Waals surface area contributed by atoms with Crippen LogP contribution in [0.25, 0.3) is 0 Å². The van der Waals surface area contributed by atoms with Crippen LogP contribution in [0.15, 0.2) is 11.4 Å². The van der Waals surface area contributed by atoms with E-state index >= 15 is 0 Å². The molecule has 0 aromatic carbocycles. The van der Waals surface area contributed by atoms with Crippen LogP contribution in [0.1, 0.15) is 42.7 Å². The Morgan fingerprint density at radius 1 is 1.56 bits per heavy atom. The molecule has 1 unspecified atom stereocenters. The van der Waals surface area contributed by atoms with Gasteiger partial charge in [-0.1, -0.05) is 0 Å². The second kappa shape index (κ2) is 3.83. The first-order chi connectivity index (χ1) is 7.77. The molecule has 0 spiro atoms. The number of hydrogen-bond donors (Lipinski definition) is 1. The van der Waals surface area contributed by atoms with Crippen molar-refractivity contribution < 1.29 is 0 Å². The first-order valence-corrected chi connectivity index (χ1v) is 7.18. The highest BCUT2D eigenvalue weighted by atomic mass is 32.1. The molecular formula is C13H20N2S. The standard InChI is InChI=1S/C13H20N2S/c1-10-11-4-8-16-12(11)3-7-15(10)13(9-14)5-2-6-13/h4,8,10H,2-3,5-7,9,14H2,1H3. The lowest BCUT2D eigenvalue weighted by atomic mass is 9.73. The van der Waals surface area contributed by atoms with Crippen LogP contribution in [0, 0.1) is 0 Å². The van der Waals surface area contributed by atoms with Crippen molar-refractivity contribution in [1.82, 2.24) is 4.90 Å². The molecule has 88 valence electrons.